The average molecular weight is 208 g/mol. The third-order valence-electron chi connectivity index (χ3n) is 2.95. The Morgan fingerprint density at radius 2 is 2.53 bits per heavy atom. The van der Waals surface area contributed by atoms with Crippen molar-refractivity contribution in [2.75, 3.05) is 6.61 Å². The first-order chi connectivity index (χ1) is 7.22. The summed E-state index contributed by atoms with van der Waals surface area (Å²) >= 11 is 0. The van der Waals surface area contributed by atoms with E-state index in [2.05, 4.69) is 5.10 Å². The Balaban J connectivity index is 2.13. The summed E-state index contributed by atoms with van der Waals surface area (Å²) in [6, 6.07) is 0. The summed E-state index contributed by atoms with van der Waals surface area (Å²) in [4.78, 5) is 12.1. The van der Waals surface area contributed by atoms with Crippen LogP contribution in [0.3, 0.4) is 0 Å². The smallest absolute Gasteiger partial charge is 0.171 e. The number of aromatic nitrogens is 2. The van der Waals surface area contributed by atoms with Crippen LogP contribution in [0, 0.1) is 5.92 Å². The third-order valence-corrected chi connectivity index (χ3v) is 2.95. The van der Waals surface area contributed by atoms with Crippen molar-refractivity contribution in [1.29, 1.82) is 0 Å². The van der Waals surface area contributed by atoms with Gasteiger partial charge in [0.05, 0.1) is 23.8 Å². The second-order valence-electron chi connectivity index (χ2n) is 3.92. The first kappa shape index (κ1) is 10.4. The molecule has 0 aliphatic carbocycles. The molecule has 0 N–H and O–H groups in total. The normalized spacial score (nSPS) is 25.7. The fourth-order valence-electron chi connectivity index (χ4n) is 1.95. The fraction of sp³-hybridized carbons (Fsp3) is 0.636. The number of Topliss-reactive ketones (excluding diaryl/α,β-unsaturated/α-hetero) is 1. The lowest BCUT2D eigenvalue weighted by molar-refractivity contribution is 0.0764. The molecular weight excluding hydrogens is 192 g/mol. The van der Waals surface area contributed by atoms with E-state index in [1.54, 1.807) is 10.9 Å². The van der Waals surface area contributed by atoms with Gasteiger partial charge in [0.25, 0.3) is 0 Å². The molecular formula is C11H16N2O2. The van der Waals surface area contributed by atoms with Crippen molar-refractivity contribution in [3.05, 3.63) is 18.0 Å². The van der Waals surface area contributed by atoms with Gasteiger partial charge in [0, 0.05) is 19.3 Å². The Bertz CT molecular complexity index is 359. The summed E-state index contributed by atoms with van der Waals surface area (Å²) in [5, 5.41) is 4.11. The molecule has 4 nitrogen and oxygen atoms in total. The molecule has 15 heavy (non-hydrogen) atoms. The number of ketones is 1. The molecule has 2 rings (SSSR count). The molecule has 0 aromatic carbocycles. The van der Waals surface area contributed by atoms with E-state index in [1.165, 1.54) is 0 Å². The molecule has 2 atom stereocenters. The summed E-state index contributed by atoms with van der Waals surface area (Å²) in [6.07, 6.45) is 4.34. The molecule has 1 fully saturated rings. The van der Waals surface area contributed by atoms with E-state index in [1.807, 2.05) is 20.0 Å². The van der Waals surface area contributed by atoms with Crippen LogP contribution < -0.4 is 0 Å². The summed E-state index contributed by atoms with van der Waals surface area (Å²) in [5.74, 6) is 0.180. The van der Waals surface area contributed by atoms with Gasteiger partial charge in [-0.15, -0.1) is 0 Å². The van der Waals surface area contributed by atoms with Crippen LogP contribution in [0.1, 0.15) is 30.6 Å². The molecule has 1 saturated heterocycles. The zero-order valence-corrected chi connectivity index (χ0v) is 9.14. The molecule has 1 aliphatic rings. The van der Waals surface area contributed by atoms with E-state index in [4.69, 9.17) is 4.74 Å². The molecule has 4 heteroatoms. The maximum absolute atomic E-state index is 12.1. The highest BCUT2D eigenvalue weighted by atomic mass is 16.5. The quantitative estimate of drug-likeness (QED) is 0.707. The Hall–Kier alpha value is -1.16. The maximum Gasteiger partial charge on any atom is 0.171 e. The van der Waals surface area contributed by atoms with Gasteiger partial charge >= 0.3 is 0 Å². The number of rotatable bonds is 3. The fourth-order valence-corrected chi connectivity index (χ4v) is 1.95. The van der Waals surface area contributed by atoms with Gasteiger partial charge in [-0.05, 0) is 20.3 Å². The third kappa shape index (κ3) is 1.95. The molecule has 1 aromatic heterocycles. The van der Waals surface area contributed by atoms with Gasteiger partial charge in [0.15, 0.2) is 5.78 Å². The molecule has 0 spiro atoms. The van der Waals surface area contributed by atoms with Crippen LogP contribution in [-0.2, 0) is 11.3 Å². The minimum absolute atomic E-state index is 0.0134. The number of ether oxygens (including phenoxy) is 1. The van der Waals surface area contributed by atoms with Crippen molar-refractivity contribution >= 4 is 5.78 Å². The van der Waals surface area contributed by atoms with E-state index in [9.17, 15) is 4.79 Å². The first-order valence-electron chi connectivity index (χ1n) is 5.40. The Morgan fingerprint density at radius 3 is 3.07 bits per heavy atom. The standard InChI is InChI=1S/C11H16N2O2/c1-3-13-7-9(6-12-13)11(14)10-4-5-15-8(10)2/h6-8,10H,3-5H2,1-2H3. The molecule has 0 bridgehead atoms. The average Bonchev–Trinajstić information content (AvgIpc) is 2.84. The topological polar surface area (TPSA) is 44.1 Å². The Morgan fingerprint density at radius 1 is 1.73 bits per heavy atom. The SMILES string of the molecule is CCn1cc(C(=O)C2CCOC2C)cn1. The molecule has 0 saturated carbocycles. The van der Waals surface area contributed by atoms with Crippen molar-refractivity contribution in [2.45, 2.75) is 32.9 Å². The number of aryl methyl sites for hydroxylation is 1. The zero-order chi connectivity index (χ0) is 10.8. The van der Waals surface area contributed by atoms with E-state index in [0.717, 1.165) is 13.0 Å². The second-order valence-corrected chi connectivity index (χ2v) is 3.92. The van der Waals surface area contributed by atoms with Crippen molar-refractivity contribution in [1.82, 2.24) is 9.78 Å². The van der Waals surface area contributed by atoms with Crippen molar-refractivity contribution in [3.63, 3.8) is 0 Å². The minimum atomic E-state index is 0.0134. The largest absolute Gasteiger partial charge is 0.378 e. The van der Waals surface area contributed by atoms with E-state index >= 15 is 0 Å². The van der Waals surface area contributed by atoms with Crippen LogP contribution in [0.5, 0.6) is 0 Å². The van der Waals surface area contributed by atoms with Gasteiger partial charge in [-0.1, -0.05) is 0 Å². The molecule has 82 valence electrons. The molecule has 2 heterocycles. The number of nitrogens with zero attached hydrogens (tertiary/aromatic N) is 2. The molecule has 0 radical (unpaired) electrons. The minimum Gasteiger partial charge on any atom is -0.378 e. The van der Waals surface area contributed by atoms with Gasteiger partial charge in [-0.3, -0.25) is 9.48 Å². The summed E-state index contributed by atoms with van der Waals surface area (Å²) < 4.78 is 7.16. The Kier molecular flexibility index (Phi) is 2.86. The van der Waals surface area contributed by atoms with E-state index in [0.29, 0.717) is 12.2 Å². The van der Waals surface area contributed by atoms with Crippen LogP contribution in [0.15, 0.2) is 12.4 Å². The summed E-state index contributed by atoms with van der Waals surface area (Å²) in [7, 11) is 0. The van der Waals surface area contributed by atoms with Crippen LogP contribution >= 0.6 is 0 Å². The molecule has 1 aromatic rings. The molecule has 1 aliphatic heterocycles. The number of hydrogen-bond acceptors (Lipinski definition) is 3. The number of carbonyl (C=O) groups excluding carboxylic acids is 1. The number of hydrogen-bond donors (Lipinski definition) is 0. The van der Waals surface area contributed by atoms with Gasteiger partial charge in [0.2, 0.25) is 0 Å². The number of carbonyl (C=O) groups is 1. The van der Waals surface area contributed by atoms with Crippen molar-refractivity contribution in [3.8, 4) is 0 Å². The summed E-state index contributed by atoms with van der Waals surface area (Å²) in [5.41, 5.74) is 0.708. The molecule has 0 amide bonds. The predicted molar refractivity (Wildman–Crippen MR) is 55.8 cm³/mol. The lowest BCUT2D eigenvalue weighted by Crippen LogP contribution is -2.21. The second kappa shape index (κ2) is 4.14. The van der Waals surface area contributed by atoms with Crippen molar-refractivity contribution < 1.29 is 9.53 Å². The van der Waals surface area contributed by atoms with Crippen molar-refractivity contribution in [2.24, 2.45) is 5.92 Å². The van der Waals surface area contributed by atoms with Crippen LogP contribution in [-0.4, -0.2) is 28.3 Å². The highest BCUT2D eigenvalue weighted by Gasteiger charge is 2.31. The summed E-state index contributed by atoms with van der Waals surface area (Å²) in [6.45, 7) is 5.45. The highest BCUT2D eigenvalue weighted by Crippen LogP contribution is 2.24. The van der Waals surface area contributed by atoms with Crippen LogP contribution in [0.25, 0.3) is 0 Å². The van der Waals surface area contributed by atoms with Crippen LogP contribution in [0.2, 0.25) is 0 Å². The van der Waals surface area contributed by atoms with Gasteiger partial charge in [-0.25, -0.2) is 0 Å². The zero-order valence-electron chi connectivity index (χ0n) is 9.14. The van der Waals surface area contributed by atoms with E-state index < -0.39 is 0 Å². The lowest BCUT2D eigenvalue weighted by atomic mass is 9.94. The highest BCUT2D eigenvalue weighted by molar-refractivity contribution is 5.97. The van der Waals surface area contributed by atoms with Crippen LogP contribution in [0.4, 0.5) is 0 Å². The lowest BCUT2D eigenvalue weighted by Gasteiger charge is -2.10. The predicted octanol–water partition coefficient (Wildman–Crippen LogP) is 1.51. The molecule has 2 unspecified atom stereocenters. The monoisotopic (exact) mass is 208 g/mol. The van der Waals surface area contributed by atoms with Gasteiger partial charge < -0.3 is 4.74 Å². The van der Waals surface area contributed by atoms with E-state index in [-0.39, 0.29) is 17.8 Å². The maximum atomic E-state index is 12.1. The van der Waals surface area contributed by atoms with Gasteiger partial charge in [-0.2, -0.15) is 5.10 Å². The van der Waals surface area contributed by atoms with Gasteiger partial charge in [0.1, 0.15) is 0 Å². The first-order valence-corrected chi connectivity index (χ1v) is 5.40. The Labute approximate surface area is 89.2 Å².